The average Bonchev–Trinajstić information content (AvgIpc) is 2.71. The Bertz CT molecular complexity index is 967. The highest BCUT2D eigenvalue weighted by Crippen LogP contribution is 2.18. The minimum atomic E-state index is -0.759. The first-order chi connectivity index (χ1) is 13.9. The molecule has 156 valence electrons. The van der Waals surface area contributed by atoms with Crippen LogP contribution in [0.5, 0.6) is 0 Å². The summed E-state index contributed by atoms with van der Waals surface area (Å²) in [5.74, 6) is -1.39. The summed E-state index contributed by atoms with van der Waals surface area (Å²) in [5.41, 5.74) is 4.81. The summed E-state index contributed by atoms with van der Waals surface area (Å²) in [6.07, 6.45) is 4.83. The van der Waals surface area contributed by atoms with E-state index in [9.17, 15) is 19.2 Å². The summed E-state index contributed by atoms with van der Waals surface area (Å²) < 4.78 is 6.29. The number of carbonyl (C=O) groups excluding carboxylic acids is 2. The summed E-state index contributed by atoms with van der Waals surface area (Å²) in [4.78, 5) is 56.5. The quantitative estimate of drug-likeness (QED) is 0.593. The summed E-state index contributed by atoms with van der Waals surface area (Å²) >= 11 is 0. The van der Waals surface area contributed by atoms with E-state index < -0.39 is 29.7 Å². The molecule has 1 amide bonds. The summed E-state index contributed by atoms with van der Waals surface area (Å²) in [7, 11) is 0. The Morgan fingerprint density at radius 2 is 1.90 bits per heavy atom. The van der Waals surface area contributed by atoms with Gasteiger partial charge in [0, 0.05) is 25.5 Å². The van der Waals surface area contributed by atoms with Gasteiger partial charge in [-0.05, 0) is 25.0 Å². The molecule has 0 spiro atoms. The van der Waals surface area contributed by atoms with Crippen molar-refractivity contribution in [2.24, 2.45) is 0 Å². The maximum Gasteiger partial charge on any atom is 0.338 e. The van der Waals surface area contributed by atoms with E-state index in [0.717, 1.165) is 6.42 Å². The summed E-state index contributed by atoms with van der Waals surface area (Å²) in [6, 6.07) is 2.93. The number of anilines is 2. The molecule has 0 aliphatic heterocycles. The van der Waals surface area contributed by atoms with E-state index in [1.807, 2.05) is 13.8 Å². The molecule has 0 unspecified atom stereocenters. The normalized spacial score (nSPS) is 10.6. The number of amides is 1. The standard InChI is InChI=1S/C19H25N5O5/c1-3-5-11-23(14(25)12-29-18(27)13-6-8-21-9-7-13)15-16(20)24(10-4-2)19(28)22-17(15)26/h6-9H,3-5,10-12,20H2,1-2H3,(H,22,26,28). The maximum absolute atomic E-state index is 12.8. The number of hydrogen-bond donors (Lipinski definition) is 2. The Balaban J connectivity index is 2.30. The maximum atomic E-state index is 12.8. The first-order valence-corrected chi connectivity index (χ1v) is 9.40. The monoisotopic (exact) mass is 403 g/mol. The van der Waals surface area contributed by atoms with Crippen molar-refractivity contribution >= 4 is 23.4 Å². The Morgan fingerprint density at radius 3 is 2.52 bits per heavy atom. The summed E-state index contributed by atoms with van der Waals surface area (Å²) in [6.45, 7) is 3.70. The van der Waals surface area contributed by atoms with E-state index in [2.05, 4.69) is 9.97 Å². The molecule has 2 aromatic rings. The van der Waals surface area contributed by atoms with Gasteiger partial charge in [-0.25, -0.2) is 9.59 Å². The molecule has 3 N–H and O–H groups in total. The smallest absolute Gasteiger partial charge is 0.338 e. The van der Waals surface area contributed by atoms with Crippen LogP contribution in [0.25, 0.3) is 0 Å². The van der Waals surface area contributed by atoms with Gasteiger partial charge < -0.3 is 15.4 Å². The van der Waals surface area contributed by atoms with Crippen LogP contribution in [0.15, 0.2) is 34.1 Å². The second kappa shape index (κ2) is 10.2. The number of unbranched alkanes of at least 4 members (excludes halogenated alkanes) is 1. The second-order valence-electron chi connectivity index (χ2n) is 6.36. The van der Waals surface area contributed by atoms with Crippen LogP contribution in [-0.2, 0) is 16.1 Å². The molecule has 0 saturated heterocycles. The largest absolute Gasteiger partial charge is 0.452 e. The third-order valence-corrected chi connectivity index (χ3v) is 4.21. The van der Waals surface area contributed by atoms with Crippen molar-refractivity contribution in [3.05, 3.63) is 50.9 Å². The minimum Gasteiger partial charge on any atom is -0.452 e. The van der Waals surface area contributed by atoms with E-state index in [1.54, 1.807) is 0 Å². The van der Waals surface area contributed by atoms with Gasteiger partial charge in [0.05, 0.1) is 5.56 Å². The van der Waals surface area contributed by atoms with Gasteiger partial charge in [0.2, 0.25) is 0 Å². The number of nitrogen functional groups attached to an aromatic ring is 1. The minimum absolute atomic E-state index is 0.0921. The number of aromatic nitrogens is 3. The lowest BCUT2D eigenvalue weighted by Gasteiger charge is -2.24. The predicted octanol–water partition coefficient (Wildman–Crippen LogP) is 0.914. The first kappa shape index (κ1) is 21.9. The highest BCUT2D eigenvalue weighted by Gasteiger charge is 2.24. The van der Waals surface area contributed by atoms with Crippen LogP contribution in [-0.4, -0.2) is 39.6 Å². The van der Waals surface area contributed by atoms with Gasteiger partial charge in [0.25, 0.3) is 11.5 Å². The van der Waals surface area contributed by atoms with Gasteiger partial charge in [-0.2, -0.15) is 0 Å². The van der Waals surface area contributed by atoms with Crippen molar-refractivity contribution in [3.63, 3.8) is 0 Å². The number of esters is 1. The molecular weight excluding hydrogens is 378 g/mol. The molecule has 2 aromatic heterocycles. The van der Waals surface area contributed by atoms with Crippen LogP contribution in [0.1, 0.15) is 43.5 Å². The molecule has 0 bridgehead atoms. The van der Waals surface area contributed by atoms with Crippen LogP contribution < -0.4 is 21.9 Å². The zero-order valence-corrected chi connectivity index (χ0v) is 16.5. The number of pyridine rings is 1. The van der Waals surface area contributed by atoms with E-state index in [1.165, 1.54) is 34.0 Å². The molecule has 10 heteroatoms. The lowest BCUT2D eigenvalue weighted by molar-refractivity contribution is -0.121. The fourth-order valence-electron chi connectivity index (χ4n) is 2.74. The summed E-state index contributed by atoms with van der Waals surface area (Å²) in [5, 5.41) is 0. The van der Waals surface area contributed by atoms with Gasteiger partial charge in [-0.1, -0.05) is 20.3 Å². The zero-order valence-electron chi connectivity index (χ0n) is 16.5. The van der Waals surface area contributed by atoms with Crippen LogP contribution in [0, 0.1) is 0 Å². The fourth-order valence-corrected chi connectivity index (χ4v) is 2.74. The molecule has 0 saturated carbocycles. The number of nitrogens with two attached hydrogens (primary N) is 1. The zero-order chi connectivity index (χ0) is 21.4. The molecule has 0 radical (unpaired) electrons. The van der Waals surface area contributed by atoms with Crippen LogP contribution >= 0.6 is 0 Å². The third-order valence-electron chi connectivity index (χ3n) is 4.21. The Hall–Kier alpha value is -3.43. The topological polar surface area (TPSA) is 140 Å². The lowest BCUT2D eigenvalue weighted by Crippen LogP contribution is -2.43. The van der Waals surface area contributed by atoms with Crippen molar-refractivity contribution in [1.29, 1.82) is 0 Å². The lowest BCUT2D eigenvalue weighted by atomic mass is 10.2. The molecular formula is C19H25N5O5. The average molecular weight is 403 g/mol. The number of H-pyrrole nitrogens is 1. The highest BCUT2D eigenvalue weighted by molar-refractivity contribution is 5.98. The van der Waals surface area contributed by atoms with E-state index in [4.69, 9.17) is 10.5 Å². The second-order valence-corrected chi connectivity index (χ2v) is 6.36. The number of hydrogen-bond acceptors (Lipinski definition) is 7. The Kier molecular flexibility index (Phi) is 7.70. The molecule has 2 heterocycles. The molecule has 0 atom stereocenters. The molecule has 0 fully saturated rings. The van der Waals surface area contributed by atoms with Crippen LogP contribution in [0.3, 0.4) is 0 Å². The highest BCUT2D eigenvalue weighted by atomic mass is 16.5. The number of aromatic amines is 1. The number of carbonyl (C=O) groups is 2. The Labute approximate surface area is 167 Å². The van der Waals surface area contributed by atoms with Gasteiger partial charge in [0.15, 0.2) is 12.3 Å². The van der Waals surface area contributed by atoms with Crippen molar-refractivity contribution in [1.82, 2.24) is 14.5 Å². The van der Waals surface area contributed by atoms with Gasteiger partial charge in [-0.3, -0.25) is 24.1 Å². The van der Waals surface area contributed by atoms with E-state index >= 15 is 0 Å². The number of rotatable bonds is 9. The van der Waals surface area contributed by atoms with E-state index in [0.29, 0.717) is 19.4 Å². The number of nitrogens with one attached hydrogen (secondary N) is 1. The van der Waals surface area contributed by atoms with Crippen molar-refractivity contribution < 1.29 is 14.3 Å². The molecule has 2 rings (SSSR count). The predicted molar refractivity (Wildman–Crippen MR) is 108 cm³/mol. The van der Waals surface area contributed by atoms with Gasteiger partial charge in [0.1, 0.15) is 5.82 Å². The SMILES string of the molecule is CCCCN(C(=O)COC(=O)c1ccncc1)c1c(N)n(CCC)c(=O)[nH]c1=O. The molecule has 0 aromatic carbocycles. The van der Waals surface area contributed by atoms with Gasteiger partial charge in [-0.15, -0.1) is 0 Å². The molecule has 0 aliphatic carbocycles. The number of nitrogens with zero attached hydrogens (tertiary/aromatic N) is 3. The molecule has 10 nitrogen and oxygen atoms in total. The number of ether oxygens (including phenoxy) is 1. The van der Waals surface area contributed by atoms with Crippen molar-refractivity contribution in [3.8, 4) is 0 Å². The van der Waals surface area contributed by atoms with E-state index in [-0.39, 0.29) is 23.6 Å². The molecule has 29 heavy (non-hydrogen) atoms. The third kappa shape index (κ3) is 5.31. The first-order valence-electron chi connectivity index (χ1n) is 9.40. The van der Waals surface area contributed by atoms with Crippen molar-refractivity contribution in [2.75, 3.05) is 23.8 Å². The van der Waals surface area contributed by atoms with Crippen LogP contribution in [0.2, 0.25) is 0 Å². The van der Waals surface area contributed by atoms with Crippen molar-refractivity contribution in [2.45, 2.75) is 39.7 Å². The van der Waals surface area contributed by atoms with Gasteiger partial charge >= 0.3 is 11.7 Å². The fraction of sp³-hybridized carbons (Fsp3) is 0.421. The Morgan fingerprint density at radius 1 is 1.21 bits per heavy atom. The molecule has 0 aliphatic rings. The van der Waals surface area contributed by atoms with Crippen LogP contribution in [0.4, 0.5) is 11.5 Å².